The first kappa shape index (κ1) is 20.1. The lowest BCUT2D eigenvalue weighted by molar-refractivity contribution is -0.113. The zero-order valence-electron chi connectivity index (χ0n) is 15.8. The van der Waals surface area contributed by atoms with Gasteiger partial charge in [0, 0.05) is 18.1 Å². The Hall–Kier alpha value is -3.15. The molecule has 1 amide bonds. The van der Waals surface area contributed by atoms with Crippen molar-refractivity contribution in [3.05, 3.63) is 54.6 Å². The molecule has 2 heterocycles. The van der Waals surface area contributed by atoms with Crippen molar-refractivity contribution in [2.45, 2.75) is 10.1 Å². The molecule has 9 nitrogen and oxygen atoms in total. The maximum Gasteiger partial charge on any atom is 0.238 e. The molecule has 30 heavy (non-hydrogen) atoms. The molecule has 0 radical (unpaired) electrons. The van der Waals surface area contributed by atoms with E-state index in [1.807, 2.05) is 30.3 Å². The third-order valence-corrected chi connectivity index (χ3v) is 6.23. The van der Waals surface area contributed by atoms with E-state index < -0.39 is 10.0 Å². The Kier molecular flexibility index (Phi) is 5.33. The van der Waals surface area contributed by atoms with Gasteiger partial charge in [0.1, 0.15) is 5.58 Å². The molecule has 4 rings (SSSR count). The van der Waals surface area contributed by atoms with Crippen LogP contribution in [0.5, 0.6) is 0 Å². The van der Waals surface area contributed by atoms with Crippen LogP contribution in [0.2, 0.25) is 0 Å². The third-order valence-electron chi connectivity index (χ3n) is 4.28. The summed E-state index contributed by atoms with van der Waals surface area (Å²) in [6, 6.07) is 15.2. The van der Waals surface area contributed by atoms with Gasteiger partial charge in [0.2, 0.25) is 15.9 Å². The van der Waals surface area contributed by atoms with Crippen molar-refractivity contribution in [2.24, 2.45) is 12.2 Å². The number of nitrogens with two attached hydrogens (primary N) is 1. The number of aromatic nitrogens is 3. The first-order valence-electron chi connectivity index (χ1n) is 8.75. The van der Waals surface area contributed by atoms with Crippen molar-refractivity contribution in [3.63, 3.8) is 0 Å². The Morgan fingerprint density at radius 2 is 1.90 bits per heavy atom. The SMILES string of the molecule is Cn1c(SCC(=O)Nc2ccc(S(N)(=O)=O)cc2)nnc1-c1cc2ccccc2o1. The summed E-state index contributed by atoms with van der Waals surface area (Å²) in [5.74, 6) is 0.991. The van der Waals surface area contributed by atoms with Gasteiger partial charge in [0.15, 0.2) is 16.7 Å². The van der Waals surface area contributed by atoms with Crippen molar-refractivity contribution in [1.82, 2.24) is 14.8 Å². The minimum absolute atomic E-state index is 0.0212. The van der Waals surface area contributed by atoms with Crippen molar-refractivity contribution < 1.29 is 17.6 Å². The predicted molar refractivity (Wildman–Crippen MR) is 113 cm³/mol. The summed E-state index contributed by atoms with van der Waals surface area (Å²) in [6.07, 6.45) is 0. The third kappa shape index (κ3) is 4.22. The molecule has 2 aromatic heterocycles. The van der Waals surface area contributed by atoms with E-state index in [1.54, 1.807) is 11.6 Å². The molecule has 154 valence electrons. The minimum Gasteiger partial charge on any atom is -0.453 e. The smallest absolute Gasteiger partial charge is 0.238 e. The lowest BCUT2D eigenvalue weighted by Crippen LogP contribution is -2.15. The molecule has 0 spiro atoms. The molecule has 0 aliphatic heterocycles. The molecule has 0 aliphatic carbocycles. The highest BCUT2D eigenvalue weighted by atomic mass is 32.2. The van der Waals surface area contributed by atoms with Gasteiger partial charge in [-0.3, -0.25) is 4.79 Å². The van der Waals surface area contributed by atoms with E-state index in [1.165, 1.54) is 36.0 Å². The number of amides is 1. The Morgan fingerprint density at radius 1 is 1.17 bits per heavy atom. The van der Waals surface area contributed by atoms with Crippen molar-refractivity contribution in [2.75, 3.05) is 11.1 Å². The molecule has 0 saturated heterocycles. The second-order valence-corrected chi connectivity index (χ2v) is 8.92. The molecular formula is C19H17N5O4S2. The van der Waals surface area contributed by atoms with Gasteiger partial charge in [0.25, 0.3) is 0 Å². The lowest BCUT2D eigenvalue weighted by atomic mass is 10.2. The highest BCUT2D eigenvalue weighted by molar-refractivity contribution is 7.99. The number of hydrogen-bond acceptors (Lipinski definition) is 7. The van der Waals surface area contributed by atoms with E-state index in [0.29, 0.717) is 22.4 Å². The summed E-state index contributed by atoms with van der Waals surface area (Å²) in [4.78, 5) is 12.2. The van der Waals surface area contributed by atoms with Crippen LogP contribution in [0.1, 0.15) is 0 Å². The quantitative estimate of drug-likeness (QED) is 0.438. The number of nitrogens with one attached hydrogen (secondary N) is 1. The molecule has 4 aromatic rings. The zero-order chi connectivity index (χ0) is 21.3. The van der Waals surface area contributed by atoms with E-state index in [9.17, 15) is 13.2 Å². The molecule has 0 saturated carbocycles. The number of para-hydroxylation sites is 1. The fourth-order valence-corrected chi connectivity index (χ4v) is 4.03. The molecule has 0 fully saturated rings. The molecule has 0 unspecified atom stereocenters. The molecule has 0 bridgehead atoms. The maximum atomic E-state index is 12.2. The van der Waals surface area contributed by atoms with Crippen LogP contribution in [0.4, 0.5) is 5.69 Å². The Labute approximate surface area is 176 Å². The van der Waals surface area contributed by atoms with Gasteiger partial charge in [0.05, 0.1) is 10.6 Å². The summed E-state index contributed by atoms with van der Waals surface area (Å²) >= 11 is 1.22. The van der Waals surface area contributed by atoms with Gasteiger partial charge in [-0.1, -0.05) is 30.0 Å². The first-order valence-corrected chi connectivity index (χ1v) is 11.3. The summed E-state index contributed by atoms with van der Waals surface area (Å²) in [7, 11) is -1.97. The summed E-state index contributed by atoms with van der Waals surface area (Å²) in [5.41, 5.74) is 1.23. The standard InChI is InChI=1S/C19H17N5O4S2/c1-24-18(16-10-12-4-2-3-5-15(12)28-16)22-23-19(24)29-11-17(25)21-13-6-8-14(9-7-13)30(20,26)27/h2-10H,11H2,1H3,(H,21,25)(H2,20,26,27). The van der Waals surface area contributed by atoms with Gasteiger partial charge in [-0.25, -0.2) is 13.6 Å². The number of carbonyl (C=O) groups is 1. The van der Waals surface area contributed by atoms with Gasteiger partial charge < -0.3 is 14.3 Å². The van der Waals surface area contributed by atoms with Crippen molar-refractivity contribution in [1.29, 1.82) is 0 Å². The highest BCUT2D eigenvalue weighted by Gasteiger charge is 2.16. The van der Waals surface area contributed by atoms with Crippen LogP contribution in [0.15, 0.2) is 69.1 Å². The van der Waals surface area contributed by atoms with Crippen LogP contribution in [0, 0.1) is 0 Å². The number of nitrogens with zero attached hydrogens (tertiary/aromatic N) is 3. The molecule has 0 atom stereocenters. The number of carbonyl (C=O) groups excluding carboxylic acids is 1. The molecule has 11 heteroatoms. The van der Waals surface area contributed by atoms with Gasteiger partial charge in [-0.15, -0.1) is 10.2 Å². The van der Waals surface area contributed by atoms with Crippen LogP contribution in [0.3, 0.4) is 0 Å². The topological polar surface area (TPSA) is 133 Å². The number of furan rings is 1. The maximum absolute atomic E-state index is 12.2. The second-order valence-electron chi connectivity index (χ2n) is 6.42. The number of benzene rings is 2. The van der Waals surface area contributed by atoms with Crippen molar-refractivity contribution in [3.8, 4) is 11.6 Å². The number of hydrogen-bond donors (Lipinski definition) is 2. The largest absolute Gasteiger partial charge is 0.453 e. The van der Waals surface area contributed by atoms with Crippen LogP contribution >= 0.6 is 11.8 Å². The first-order chi connectivity index (χ1) is 14.3. The van der Waals surface area contributed by atoms with Crippen LogP contribution in [0.25, 0.3) is 22.6 Å². The number of primary sulfonamides is 1. The lowest BCUT2D eigenvalue weighted by Gasteiger charge is -2.06. The normalized spacial score (nSPS) is 11.7. The molecule has 2 aromatic carbocycles. The Morgan fingerprint density at radius 3 is 2.60 bits per heavy atom. The van der Waals surface area contributed by atoms with Crippen molar-refractivity contribution >= 4 is 44.3 Å². The second kappa shape index (κ2) is 7.94. The van der Waals surface area contributed by atoms with E-state index in [4.69, 9.17) is 9.56 Å². The minimum atomic E-state index is -3.77. The van der Waals surface area contributed by atoms with E-state index in [0.717, 1.165) is 11.0 Å². The number of thioether (sulfide) groups is 1. The highest BCUT2D eigenvalue weighted by Crippen LogP contribution is 2.28. The Bertz CT molecular complexity index is 1290. The van der Waals surface area contributed by atoms with Gasteiger partial charge in [-0.05, 0) is 36.4 Å². The van der Waals surface area contributed by atoms with E-state index >= 15 is 0 Å². The van der Waals surface area contributed by atoms with Crippen LogP contribution < -0.4 is 10.5 Å². The fraction of sp³-hybridized carbons (Fsp3) is 0.105. The number of anilines is 1. The van der Waals surface area contributed by atoms with Gasteiger partial charge in [-0.2, -0.15) is 0 Å². The zero-order valence-corrected chi connectivity index (χ0v) is 17.4. The average molecular weight is 444 g/mol. The van der Waals surface area contributed by atoms with Gasteiger partial charge >= 0.3 is 0 Å². The number of rotatable bonds is 6. The Balaban J connectivity index is 1.41. The molecule has 3 N–H and O–H groups in total. The predicted octanol–water partition coefficient (Wildman–Crippen LogP) is 2.61. The molecule has 0 aliphatic rings. The van der Waals surface area contributed by atoms with E-state index in [-0.39, 0.29) is 16.6 Å². The fourth-order valence-electron chi connectivity index (χ4n) is 2.80. The van der Waals surface area contributed by atoms with Crippen LogP contribution in [-0.2, 0) is 21.9 Å². The summed E-state index contributed by atoms with van der Waals surface area (Å²) in [6.45, 7) is 0. The summed E-state index contributed by atoms with van der Waals surface area (Å²) < 4.78 is 30.1. The van der Waals surface area contributed by atoms with Crippen LogP contribution in [-0.4, -0.2) is 34.8 Å². The number of sulfonamides is 1. The molecular weight excluding hydrogens is 426 g/mol. The number of fused-ring (bicyclic) bond motifs is 1. The summed E-state index contributed by atoms with van der Waals surface area (Å²) in [5, 5.41) is 17.6. The monoisotopic (exact) mass is 443 g/mol. The average Bonchev–Trinajstić information content (AvgIpc) is 3.29. The van der Waals surface area contributed by atoms with E-state index in [2.05, 4.69) is 15.5 Å².